The molecule has 1 saturated heterocycles. The van der Waals surface area contributed by atoms with Crippen LogP contribution in [0.3, 0.4) is 0 Å². The molecule has 0 N–H and O–H groups in total. The lowest BCUT2D eigenvalue weighted by atomic mass is 10.1. The number of amides is 1. The Kier molecular flexibility index (Phi) is 7.23. The van der Waals surface area contributed by atoms with Gasteiger partial charge in [0.1, 0.15) is 6.10 Å². The van der Waals surface area contributed by atoms with E-state index in [9.17, 15) is 4.79 Å². The van der Waals surface area contributed by atoms with Crippen molar-refractivity contribution in [3.05, 3.63) is 35.4 Å². The number of rotatable bonds is 3. The molecule has 1 aromatic rings. The van der Waals surface area contributed by atoms with E-state index >= 15 is 0 Å². The maximum atomic E-state index is 12.3. The van der Waals surface area contributed by atoms with Crippen LogP contribution in [0.1, 0.15) is 37.8 Å². The maximum Gasteiger partial charge on any atom is 0.251 e. The maximum absolute atomic E-state index is 12.3. The van der Waals surface area contributed by atoms with E-state index < -0.39 is 0 Å². The van der Waals surface area contributed by atoms with Crippen molar-refractivity contribution in [2.75, 3.05) is 32.8 Å². The lowest BCUT2D eigenvalue weighted by molar-refractivity contribution is -0.142. The second-order valence-corrected chi connectivity index (χ2v) is 6.22. The SMILES string of the molecule is CCN1CCCCN(Cc2ccc(C#N)cc2)CCO[C@H](C)C1=O. The summed E-state index contributed by atoms with van der Waals surface area (Å²) in [6, 6.07) is 9.88. The largest absolute Gasteiger partial charge is 0.367 e. The molecule has 0 saturated carbocycles. The third-order valence-electron chi connectivity index (χ3n) is 4.46. The summed E-state index contributed by atoms with van der Waals surface area (Å²) < 4.78 is 5.75. The third kappa shape index (κ3) is 5.33. The van der Waals surface area contributed by atoms with Crippen LogP contribution in [0.5, 0.6) is 0 Å². The van der Waals surface area contributed by atoms with Crippen LogP contribution in [0.2, 0.25) is 0 Å². The van der Waals surface area contributed by atoms with E-state index in [0.29, 0.717) is 12.2 Å². The number of benzene rings is 1. The van der Waals surface area contributed by atoms with Gasteiger partial charge in [0.15, 0.2) is 0 Å². The number of nitrogens with zero attached hydrogens (tertiary/aromatic N) is 3. The number of hydrogen-bond acceptors (Lipinski definition) is 4. The smallest absolute Gasteiger partial charge is 0.251 e. The summed E-state index contributed by atoms with van der Waals surface area (Å²) >= 11 is 0. The molecule has 1 aromatic carbocycles. The summed E-state index contributed by atoms with van der Waals surface area (Å²) in [6.45, 7) is 8.59. The molecule has 1 aliphatic heterocycles. The Morgan fingerprint density at radius 1 is 1.21 bits per heavy atom. The highest BCUT2D eigenvalue weighted by Gasteiger charge is 2.21. The van der Waals surface area contributed by atoms with Gasteiger partial charge in [-0.15, -0.1) is 0 Å². The van der Waals surface area contributed by atoms with Crippen LogP contribution in [0.25, 0.3) is 0 Å². The molecule has 1 heterocycles. The summed E-state index contributed by atoms with van der Waals surface area (Å²) in [5.41, 5.74) is 1.88. The summed E-state index contributed by atoms with van der Waals surface area (Å²) in [4.78, 5) is 16.6. The van der Waals surface area contributed by atoms with Crippen LogP contribution in [0.15, 0.2) is 24.3 Å². The van der Waals surface area contributed by atoms with Gasteiger partial charge in [-0.2, -0.15) is 5.26 Å². The minimum Gasteiger partial charge on any atom is -0.367 e. The molecule has 1 atom stereocenters. The van der Waals surface area contributed by atoms with Gasteiger partial charge in [0.05, 0.1) is 18.2 Å². The predicted molar refractivity (Wildman–Crippen MR) is 93.3 cm³/mol. The normalized spacial score (nSPS) is 21.1. The van der Waals surface area contributed by atoms with E-state index in [2.05, 4.69) is 11.0 Å². The highest BCUT2D eigenvalue weighted by molar-refractivity contribution is 5.80. The van der Waals surface area contributed by atoms with Crippen molar-refractivity contribution in [1.82, 2.24) is 9.80 Å². The Hall–Kier alpha value is -1.90. The Morgan fingerprint density at radius 2 is 1.92 bits per heavy atom. The molecular formula is C19H27N3O2. The summed E-state index contributed by atoms with van der Waals surface area (Å²) in [6.07, 6.45) is 1.70. The second-order valence-electron chi connectivity index (χ2n) is 6.22. The molecule has 0 bridgehead atoms. The number of carbonyl (C=O) groups is 1. The average Bonchev–Trinajstić information content (AvgIpc) is 2.63. The Bertz CT molecular complexity index is 565. The topological polar surface area (TPSA) is 56.6 Å². The van der Waals surface area contributed by atoms with E-state index in [0.717, 1.165) is 45.6 Å². The molecule has 24 heavy (non-hydrogen) atoms. The fourth-order valence-corrected chi connectivity index (χ4v) is 2.96. The van der Waals surface area contributed by atoms with E-state index in [1.165, 1.54) is 5.56 Å². The van der Waals surface area contributed by atoms with Gasteiger partial charge in [0.25, 0.3) is 5.91 Å². The summed E-state index contributed by atoms with van der Waals surface area (Å²) in [5.74, 6) is 0.0954. The fraction of sp³-hybridized carbons (Fsp3) is 0.579. The van der Waals surface area contributed by atoms with Crippen LogP contribution in [-0.4, -0.2) is 54.6 Å². The molecule has 2 rings (SSSR count). The van der Waals surface area contributed by atoms with E-state index in [4.69, 9.17) is 10.00 Å². The number of likely N-dealkylation sites (N-methyl/N-ethyl adjacent to an activating group) is 1. The predicted octanol–water partition coefficient (Wildman–Crippen LogP) is 2.41. The zero-order valence-corrected chi connectivity index (χ0v) is 14.7. The Morgan fingerprint density at radius 3 is 2.58 bits per heavy atom. The Labute approximate surface area is 144 Å². The molecule has 0 spiro atoms. The first-order chi connectivity index (χ1) is 11.6. The van der Waals surface area contributed by atoms with Gasteiger partial charge in [-0.25, -0.2) is 0 Å². The van der Waals surface area contributed by atoms with Crippen molar-refractivity contribution in [1.29, 1.82) is 5.26 Å². The van der Waals surface area contributed by atoms with Crippen molar-refractivity contribution in [3.63, 3.8) is 0 Å². The molecule has 5 heteroatoms. The summed E-state index contributed by atoms with van der Waals surface area (Å²) in [5, 5.41) is 8.88. The van der Waals surface area contributed by atoms with Crippen molar-refractivity contribution in [2.45, 2.75) is 39.3 Å². The molecule has 1 aliphatic rings. The van der Waals surface area contributed by atoms with Gasteiger partial charge >= 0.3 is 0 Å². The first-order valence-corrected chi connectivity index (χ1v) is 8.75. The quantitative estimate of drug-likeness (QED) is 0.854. The van der Waals surface area contributed by atoms with Gasteiger partial charge in [0, 0.05) is 26.2 Å². The molecule has 0 aromatic heterocycles. The lowest BCUT2D eigenvalue weighted by Crippen LogP contribution is -2.39. The van der Waals surface area contributed by atoms with Gasteiger partial charge in [-0.1, -0.05) is 12.1 Å². The zero-order valence-electron chi connectivity index (χ0n) is 14.7. The standard InChI is InChI=1S/C19H27N3O2/c1-3-22-11-5-4-10-21(12-13-24-16(2)19(22)23)15-18-8-6-17(14-20)7-9-18/h6-9,16H,3-5,10-13,15H2,1-2H3/t16-/m1/s1. The highest BCUT2D eigenvalue weighted by Crippen LogP contribution is 2.10. The second kappa shape index (κ2) is 9.41. The third-order valence-corrected chi connectivity index (χ3v) is 4.46. The van der Waals surface area contributed by atoms with Crippen molar-refractivity contribution in [2.24, 2.45) is 0 Å². The number of ether oxygens (including phenoxy) is 1. The molecule has 1 fully saturated rings. The molecule has 1 amide bonds. The molecule has 130 valence electrons. The van der Waals surface area contributed by atoms with E-state index in [1.54, 1.807) is 0 Å². The molecule has 5 nitrogen and oxygen atoms in total. The minimum absolute atomic E-state index is 0.0954. The summed E-state index contributed by atoms with van der Waals surface area (Å²) in [7, 11) is 0. The van der Waals surface area contributed by atoms with E-state index in [1.807, 2.05) is 43.0 Å². The highest BCUT2D eigenvalue weighted by atomic mass is 16.5. The van der Waals surface area contributed by atoms with E-state index in [-0.39, 0.29) is 12.0 Å². The monoisotopic (exact) mass is 329 g/mol. The Balaban J connectivity index is 1.96. The molecule has 0 radical (unpaired) electrons. The lowest BCUT2D eigenvalue weighted by Gasteiger charge is -2.24. The first-order valence-electron chi connectivity index (χ1n) is 8.75. The minimum atomic E-state index is -0.375. The molecule has 0 unspecified atom stereocenters. The fourth-order valence-electron chi connectivity index (χ4n) is 2.96. The number of nitriles is 1. The van der Waals surface area contributed by atoms with Crippen LogP contribution in [-0.2, 0) is 16.1 Å². The van der Waals surface area contributed by atoms with Crippen LogP contribution < -0.4 is 0 Å². The zero-order chi connectivity index (χ0) is 17.4. The molecular weight excluding hydrogens is 302 g/mol. The van der Waals surface area contributed by atoms with Crippen LogP contribution in [0, 0.1) is 11.3 Å². The van der Waals surface area contributed by atoms with Gasteiger partial charge in [-0.3, -0.25) is 9.69 Å². The van der Waals surface area contributed by atoms with Crippen molar-refractivity contribution < 1.29 is 9.53 Å². The first kappa shape index (κ1) is 18.4. The number of carbonyl (C=O) groups excluding carboxylic acids is 1. The van der Waals surface area contributed by atoms with Gasteiger partial charge < -0.3 is 9.64 Å². The van der Waals surface area contributed by atoms with Crippen LogP contribution in [0.4, 0.5) is 0 Å². The van der Waals surface area contributed by atoms with Crippen molar-refractivity contribution in [3.8, 4) is 6.07 Å². The number of hydrogen-bond donors (Lipinski definition) is 0. The van der Waals surface area contributed by atoms with Gasteiger partial charge in [0.2, 0.25) is 0 Å². The average molecular weight is 329 g/mol. The van der Waals surface area contributed by atoms with Gasteiger partial charge in [-0.05, 0) is 50.9 Å². The van der Waals surface area contributed by atoms with Crippen LogP contribution >= 0.6 is 0 Å². The molecule has 0 aliphatic carbocycles. The van der Waals surface area contributed by atoms with Crippen molar-refractivity contribution >= 4 is 5.91 Å².